The van der Waals surface area contributed by atoms with Gasteiger partial charge in [-0.3, -0.25) is 9.59 Å². The van der Waals surface area contributed by atoms with Crippen LogP contribution in [-0.2, 0) is 15.2 Å². The van der Waals surface area contributed by atoms with Gasteiger partial charge in [0.25, 0.3) is 5.91 Å². The maximum absolute atomic E-state index is 12.7. The number of carbonyl (C=O) groups excluding carboxylic acids is 2. The molecule has 0 radical (unpaired) electrons. The molecule has 1 fully saturated rings. The molecule has 1 heterocycles. The Morgan fingerprint density at radius 1 is 1.18 bits per heavy atom. The first-order valence-electron chi connectivity index (χ1n) is 7.90. The van der Waals surface area contributed by atoms with Gasteiger partial charge >= 0.3 is 0 Å². The summed E-state index contributed by atoms with van der Waals surface area (Å²) in [5.41, 5.74) is -0.497. The maximum Gasteiger partial charge on any atom is 0.261 e. The van der Waals surface area contributed by atoms with Gasteiger partial charge in [-0.2, -0.15) is 0 Å². The fraction of sp³-hybridized carbons (Fsp3) is 0.556. The number of hydrogen-bond acceptors (Lipinski definition) is 3. The van der Waals surface area contributed by atoms with Crippen LogP contribution < -0.4 is 5.32 Å². The van der Waals surface area contributed by atoms with E-state index in [-0.39, 0.29) is 11.2 Å². The highest BCUT2D eigenvalue weighted by Crippen LogP contribution is 2.48. The number of hydrogen-bond donors (Lipinski definition) is 2. The first kappa shape index (κ1) is 15.2. The van der Waals surface area contributed by atoms with Gasteiger partial charge < -0.3 is 10.4 Å². The minimum absolute atomic E-state index is 0.000489. The van der Waals surface area contributed by atoms with Crippen LogP contribution in [0.25, 0.3) is 0 Å². The van der Waals surface area contributed by atoms with Gasteiger partial charge in [-0.05, 0) is 30.2 Å². The van der Waals surface area contributed by atoms with Crippen molar-refractivity contribution in [3.8, 4) is 0 Å². The molecule has 1 aliphatic carbocycles. The van der Waals surface area contributed by atoms with Crippen molar-refractivity contribution in [1.82, 2.24) is 0 Å². The monoisotopic (exact) mass is 301 g/mol. The summed E-state index contributed by atoms with van der Waals surface area (Å²) >= 11 is 0. The van der Waals surface area contributed by atoms with E-state index in [9.17, 15) is 14.7 Å². The Morgan fingerprint density at radius 3 is 2.50 bits per heavy atom. The molecule has 3 rings (SSSR count). The fourth-order valence-corrected chi connectivity index (χ4v) is 3.81. The minimum atomic E-state index is -1.71. The number of anilines is 1. The molecule has 4 nitrogen and oxygen atoms in total. The van der Waals surface area contributed by atoms with Gasteiger partial charge in [0.15, 0.2) is 5.60 Å². The lowest BCUT2D eigenvalue weighted by Crippen LogP contribution is -2.48. The molecule has 1 aromatic carbocycles. The van der Waals surface area contributed by atoms with Gasteiger partial charge in [-0.15, -0.1) is 0 Å². The van der Waals surface area contributed by atoms with E-state index in [1.54, 1.807) is 18.2 Å². The fourth-order valence-electron chi connectivity index (χ4n) is 3.81. The van der Waals surface area contributed by atoms with E-state index >= 15 is 0 Å². The summed E-state index contributed by atoms with van der Waals surface area (Å²) in [6.45, 7) is 6.41. The molecule has 1 aliphatic heterocycles. The number of ketones is 1. The van der Waals surface area contributed by atoms with Crippen LogP contribution in [0.4, 0.5) is 5.69 Å². The van der Waals surface area contributed by atoms with Crippen LogP contribution in [0, 0.1) is 17.3 Å². The minimum Gasteiger partial charge on any atom is -0.375 e. The van der Waals surface area contributed by atoms with Gasteiger partial charge in [-0.1, -0.05) is 39.0 Å². The highest BCUT2D eigenvalue weighted by atomic mass is 16.3. The molecule has 1 saturated carbocycles. The van der Waals surface area contributed by atoms with Crippen LogP contribution in [0.1, 0.15) is 45.6 Å². The summed E-state index contributed by atoms with van der Waals surface area (Å²) in [4.78, 5) is 25.0. The Kier molecular flexibility index (Phi) is 3.40. The van der Waals surface area contributed by atoms with Crippen molar-refractivity contribution >= 4 is 17.4 Å². The molecular formula is C18H23NO3. The summed E-state index contributed by atoms with van der Waals surface area (Å²) in [5, 5.41) is 13.8. The second-order valence-corrected chi connectivity index (χ2v) is 7.63. The van der Waals surface area contributed by atoms with E-state index in [1.165, 1.54) is 0 Å². The van der Waals surface area contributed by atoms with Crippen LogP contribution in [0.15, 0.2) is 24.3 Å². The lowest BCUT2D eigenvalue weighted by atomic mass is 9.65. The number of rotatable bonds is 1. The zero-order valence-electron chi connectivity index (χ0n) is 13.3. The summed E-state index contributed by atoms with van der Waals surface area (Å²) in [7, 11) is 0. The van der Waals surface area contributed by atoms with Crippen molar-refractivity contribution < 1.29 is 14.7 Å². The molecule has 3 atom stereocenters. The number of amides is 1. The number of fused-ring (bicyclic) bond motifs is 1. The Balaban J connectivity index is 1.92. The lowest BCUT2D eigenvalue weighted by Gasteiger charge is -2.40. The van der Waals surface area contributed by atoms with Crippen LogP contribution in [0.3, 0.4) is 0 Å². The van der Waals surface area contributed by atoms with Crippen molar-refractivity contribution in [3.05, 3.63) is 29.8 Å². The average Bonchev–Trinajstić information content (AvgIpc) is 2.70. The molecular weight excluding hydrogens is 278 g/mol. The van der Waals surface area contributed by atoms with Crippen molar-refractivity contribution in [2.45, 2.75) is 45.6 Å². The highest BCUT2D eigenvalue weighted by molar-refractivity contribution is 6.08. The molecule has 2 N–H and O–H groups in total. The van der Waals surface area contributed by atoms with Gasteiger partial charge in [-0.25, -0.2) is 0 Å². The van der Waals surface area contributed by atoms with Gasteiger partial charge in [0.2, 0.25) is 0 Å². The van der Waals surface area contributed by atoms with Gasteiger partial charge in [0, 0.05) is 17.7 Å². The van der Waals surface area contributed by atoms with Crippen molar-refractivity contribution in [3.63, 3.8) is 0 Å². The molecule has 1 aromatic rings. The Bertz CT molecular complexity index is 631. The van der Waals surface area contributed by atoms with E-state index in [1.807, 2.05) is 6.07 Å². The molecule has 0 aromatic heterocycles. The normalized spacial score (nSPS) is 31.8. The number of para-hydroxylation sites is 1. The third-order valence-corrected chi connectivity index (χ3v) is 5.30. The Hall–Kier alpha value is -1.68. The van der Waals surface area contributed by atoms with E-state index < -0.39 is 17.4 Å². The second-order valence-electron chi connectivity index (χ2n) is 7.63. The smallest absolute Gasteiger partial charge is 0.261 e. The topological polar surface area (TPSA) is 66.4 Å². The molecule has 2 aliphatic rings. The predicted octanol–water partition coefficient (Wildman–Crippen LogP) is 2.86. The highest BCUT2D eigenvalue weighted by Gasteiger charge is 2.55. The Morgan fingerprint density at radius 2 is 1.86 bits per heavy atom. The van der Waals surface area contributed by atoms with E-state index in [2.05, 4.69) is 26.1 Å². The number of aliphatic hydroxyl groups is 1. The van der Waals surface area contributed by atoms with Gasteiger partial charge in [0.1, 0.15) is 5.78 Å². The summed E-state index contributed by atoms with van der Waals surface area (Å²) in [6.07, 6.45) is 1.85. The van der Waals surface area contributed by atoms with Crippen LogP contribution in [0.5, 0.6) is 0 Å². The number of nitrogens with one attached hydrogen (secondary N) is 1. The van der Waals surface area contributed by atoms with Crippen molar-refractivity contribution in [1.29, 1.82) is 0 Å². The summed E-state index contributed by atoms with van der Waals surface area (Å²) in [6, 6.07) is 7.09. The molecule has 4 heteroatoms. The third kappa shape index (κ3) is 2.17. The quantitative estimate of drug-likeness (QED) is 0.838. The third-order valence-electron chi connectivity index (χ3n) is 5.30. The zero-order valence-corrected chi connectivity index (χ0v) is 13.3. The maximum atomic E-state index is 12.7. The van der Waals surface area contributed by atoms with Crippen LogP contribution >= 0.6 is 0 Å². The number of Topliss-reactive ketones (excluding diaryl/α,β-unsaturated/α-hetero) is 1. The van der Waals surface area contributed by atoms with Crippen LogP contribution in [0.2, 0.25) is 0 Å². The van der Waals surface area contributed by atoms with Gasteiger partial charge in [0.05, 0.1) is 5.92 Å². The second kappa shape index (κ2) is 4.92. The molecule has 0 bridgehead atoms. The summed E-state index contributed by atoms with van der Waals surface area (Å²) in [5.74, 6) is -0.809. The van der Waals surface area contributed by atoms with Crippen molar-refractivity contribution in [2.75, 3.05) is 5.32 Å². The molecule has 0 saturated heterocycles. The summed E-state index contributed by atoms with van der Waals surface area (Å²) < 4.78 is 0. The molecule has 1 amide bonds. The first-order chi connectivity index (χ1) is 10.2. The van der Waals surface area contributed by atoms with E-state index in [0.29, 0.717) is 30.0 Å². The number of carbonyl (C=O) groups is 2. The first-order valence-corrected chi connectivity index (χ1v) is 7.90. The molecule has 0 unspecified atom stereocenters. The predicted molar refractivity (Wildman–Crippen MR) is 84.3 cm³/mol. The van der Waals surface area contributed by atoms with Crippen LogP contribution in [-0.4, -0.2) is 16.8 Å². The van der Waals surface area contributed by atoms with E-state index in [4.69, 9.17) is 0 Å². The zero-order chi connectivity index (χ0) is 16.1. The Labute approximate surface area is 130 Å². The standard InChI is InChI=1S/C18H23NO3/c1-17(2,3)11-8-9-13(15(20)10-11)18(22)12-6-4-5-7-14(12)19-16(18)21/h4-7,11,13,22H,8-10H2,1-3H3,(H,19,21)/t11-,13+,18+/m1/s1. The molecule has 0 spiro atoms. The molecule has 118 valence electrons. The molecule has 22 heavy (non-hydrogen) atoms. The SMILES string of the molecule is CC(C)(C)[C@@H]1CC[C@H]([C@]2(O)C(=O)Nc3ccccc32)C(=O)C1. The average molecular weight is 301 g/mol. The lowest BCUT2D eigenvalue weighted by molar-refractivity contribution is -0.152. The van der Waals surface area contributed by atoms with E-state index in [0.717, 1.165) is 6.42 Å². The van der Waals surface area contributed by atoms with Crippen molar-refractivity contribution in [2.24, 2.45) is 17.3 Å². The number of benzene rings is 1. The largest absolute Gasteiger partial charge is 0.375 e.